The van der Waals surface area contributed by atoms with Gasteiger partial charge in [-0.2, -0.15) is 0 Å². The first-order valence-electron chi connectivity index (χ1n) is 4.71. The van der Waals surface area contributed by atoms with Crippen LogP contribution in [0.1, 0.15) is 18.5 Å². The van der Waals surface area contributed by atoms with Gasteiger partial charge in [-0.1, -0.05) is 0 Å². The maximum atomic E-state index is 11.2. The Labute approximate surface area is 82.7 Å². The van der Waals surface area contributed by atoms with Crippen LogP contribution in [0.25, 0.3) is 0 Å². The van der Waals surface area contributed by atoms with E-state index in [1.54, 1.807) is 12.4 Å². The molecule has 74 valence electrons. The molecule has 4 nitrogen and oxygen atoms in total. The van der Waals surface area contributed by atoms with Gasteiger partial charge in [-0.05, 0) is 24.6 Å². The van der Waals surface area contributed by atoms with Crippen molar-refractivity contribution in [2.45, 2.75) is 19.0 Å². The predicted octanol–water partition coefficient (Wildman–Crippen LogP) is 0.231. The maximum Gasteiger partial charge on any atom is 0.236 e. The molecule has 1 amide bonds. The molecule has 0 spiro atoms. The number of carbonyl (C=O) groups is 1. The molecule has 1 saturated heterocycles. The summed E-state index contributed by atoms with van der Waals surface area (Å²) < 4.78 is 0. The molecule has 2 unspecified atom stereocenters. The van der Waals surface area contributed by atoms with Crippen molar-refractivity contribution >= 4 is 5.91 Å². The monoisotopic (exact) mass is 191 g/mol. The first-order chi connectivity index (χ1) is 6.77. The van der Waals surface area contributed by atoms with Gasteiger partial charge < -0.3 is 5.32 Å². The van der Waals surface area contributed by atoms with Crippen LogP contribution in [-0.2, 0) is 4.79 Å². The zero-order chi connectivity index (χ0) is 9.97. The lowest BCUT2D eigenvalue weighted by Crippen LogP contribution is -2.52. The van der Waals surface area contributed by atoms with E-state index in [9.17, 15) is 4.79 Å². The summed E-state index contributed by atoms with van der Waals surface area (Å²) >= 11 is 0. The molecule has 14 heavy (non-hydrogen) atoms. The molecule has 2 N–H and O–H groups in total. The van der Waals surface area contributed by atoms with Crippen molar-refractivity contribution in [2.24, 2.45) is 0 Å². The number of nitrogens with one attached hydrogen (secondary N) is 2. The molecule has 4 heteroatoms. The molecule has 2 rings (SSSR count). The number of nitrogens with zero attached hydrogens (tertiary/aromatic N) is 1. The molecule has 2 heterocycles. The Morgan fingerprint density at radius 2 is 2.14 bits per heavy atom. The number of aromatic nitrogens is 1. The number of pyridine rings is 1. The molecule has 1 fully saturated rings. The second-order valence-corrected chi connectivity index (χ2v) is 3.47. The Balaban J connectivity index is 2.11. The molecule has 1 aliphatic heterocycles. The average Bonchev–Trinajstić information content (AvgIpc) is 2.23. The van der Waals surface area contributed by atoms with Crippen molar-refractivity contribution in [1.29, 1.82) is 0 Å². The average molecular weight is 191 g/mol. The van der Waals surface area contributed by atoms with Crippen LogP contribution in [0.4, 0.5) is 0 Å². The summed E-state index contributed by atoms with van der Waals surface area (Å²) in [5.41, 5.74) is 1.16. The minimum Gasteiger partial charge on any atom is -0.353 e. The van der Waals surface area contributed by atoms with E-state index >= 15 is 0 Å². The van der Waals surface area contributed by atoms with Crippen LogP contribution < -0.4 is 10.6 Å². The smallest absolute Gasteiger partial charge is 0.236 e. The highest BCUT2D eigenvalue weighted by molar-refractivity contribution is 5.82. The Morgan fingerprint density at radius 3 is 2.79 bits per heavy atom. The Bertz CT molecular complexity index is 325. The number of hydrogen-bond donors (Lipinski definition) is 2. The van der Waals surface area contributed by atoms with Crippen molar-refractivity contribution in [3.63, 3.8) is 0 Å². The summed E-state index contributed by atoms with van der Waals surface area (Å²) in [5, 5.41) is 6.10. The first kappa shape index (κ1) is 9.15. The topological polar surface area (TPSA) is 54.0 Å². The van der Waals surface area contributed by atoms with Gasteiger partial charge in [0.05, 0.1) is 12.1 Å². The third-order valence-electron chi connectivity index (χ3n) is 2.43. The van der Waals surface area contributed by atoms with Crippen LogP contribution >= 0.6 is 0 Å². The molecule has 0 saturated carbocycles. The van der Waals surface area contributed by atoms with Gasteiger partial charge in [-0.3, -0.25) is 15.1 Å². The second-order valence-electron chi connectivity index (χ2n) is 3.47. The summed E-state index contributed by atoms with van der Waals surface area (Å²) in [4.78, 5) is 15.1. The van der Waals surface area contributed by atoms with Gasteiger partial charge in [0, 0.05) is 18.9 Å². The fraction of sp³-hybridized carbons (Fsp3) is 0.400. The van der Waals surface area contributed by atoms with Crippen LogP contribution in [0.15, 0.2) is 24.5 Å². The summed E-state index contributed by atoms with van der Waals surface area (Å²) in [6.45, 7) is 2.51. The molecule has 0 aromatic carbocycles. The van der Waals surface area contributed by atoms with Gasteiger partial charge >= 0.3 is 0 Å². The van der Waals surface area contributed by atoms with Crippen LogP contribution in [0.2, 0.25) is 0 Å². The van der Waals surface area contributed by atoms with E-state index in [0.717, 1.165) is 5.56 Å². The highest BCUT2D eigenvalue weighted by Crippen LogP contribution is 2.13. The Morgan fingerprint density at radius 1 is 1.43 bits per heavy atom. The Kier molecular flexibility index (Phi) is 2.45. The first-order valence-corrected chi connectivity index (χ1v) is 4.71. The predicted molar refractivity (Wildman–Crippen MR) is 52.6 cm³/mol. The van der Waals surface area contributed by atoms with Gasteiger partial charge in [0.2, 0.25) is 5.91 Å². The van der Waals surface area contributed by atoms with E-state index in [-0.39, 0.29) is 18.0 Å². The largest absolute Gasteiger partial charge is 0.353 e. The minimum atomic E-state index is -0.123. The lowest BCUT2D eigenvalue weighted by Gasteiger charge is -2.29. The number of piperazine rings is 1. The highest BCUT2D eigenvalue weighted by atomic mass is 16.2. The van der Waals surface area contributed by atoms with E-state index in [2.05, 4.69) is 15.6 Å². The molecule has 1 aliphatic rings. The summed E-state index contributed by atoms with van der Waals surface area (Å²) in [6, 6.07) is 4.00. The van der Waals surface area contributed by atoms with Gasteiger partial charge in [0.25, 0.3) is 0 Å². The van der Waals surface area contributed by atoms with E-state index in [4.69, 9.17) is 0 Å². The maximum absolute atomic E-state index is 11.2. The van der Waals surface area contributed by atoms with Crippen LogP contribution in [-0.4, -0.2) is 23.5 Å². The number of rotatable bonds is 1. The van der Waals surface area contributed by atoms with Crippen molar-refractivity contribution < 1.29 is 4.79 Å². The quantitative estimate of drug-likeness (QED) is 0.668. The van der Waals surface area contributed by atoms with Crippen molar-refractivity contribution in [3.05, 3.63) is 30.1 Å². The van der Waals surface area contributed by atoms with Crippen LogP contribution in [0.5, 0.6) is 0 Å². The standard InChI is InChI=1S/C10H13N3O/c1-7-10(14)12-6-9(13-7)8-2-4-11-5-3-8/h2-5,7,9,13H,6H2,1H3,(H,12,14). The Hall–Kier alpha value is -1.42. The molecule has 0 bridgehead atoms. The molecule has 0 radical (unpaired) electrons. The molecular formula is C10H13N3O. The number of amides is 1. The van der Waals surface area contributed by atoms with Crippen molar-refractivity contribution in [3.8, 4) is 0 Å². The lowest BCUT2D eigenvalue weighted by atomic mass is 10.0. The van der Waals surface area contributed by atoms with E-state index < -0.39 is 0 Å². The van der Waals surface area contributed by atoms with Crippen molar-refractivity contribution in [2.75, 3.05) is 6.54 Å². The summed E-state index contributed by atoms with van der Waals surface area (Å²) in [5.74, 6) is 0.0651. The van der Waals surface area contributed by atoms with E-state index in [1.165, 1.54) is 0 Å². The second kappa shape index (κ2) is 3.75. The van der Waals surface area contributed by atoms with Gasteiger partial charge in [-0.25, -0.2) is 0 Å². The summed E-state index contributed by atoms with van der Waals surface area (Å²) in [7, 11) is 0. The zero-order valence-electron chi connectivity index (χ0n) is 8.03. The van der Waals surface area contributed by atoms with Gasteiger partial charge in [-0.15, -0.1) is 0 Å². The molecular weight excluding hydrogens is 178 g/mol. The fourth-order valence-electron chi connectivity index (χ4n) is 1.60. The SMILES string of the molecule is CC1NC(c2ccncc2)CNC1=O. The molecule has 1 aromatic rings. The van der Waals surface area contributed by atoms with Crippen molar-refractivity contribution in [1.82, 2.24) is 15.6 Å². The third kappa shape index (κ3) is 1.75. The number of hydrogen-bond acceptors (Lipinski definition) is 3. The third-order valence-corrected chi connectivity index (χ3v) is 2.43. The van der Waals surface area contributed by atoms with Crippen LogP contribution in [0.3, 0.4) is 0 Å². The van der Waals surface area contributed by atoms with Crippen LogP contribution in [0, 0.1) is 0 Å². The normalized spacial score (nSPS) is 27.1. The molecule has 2 atom stereocenters. The fourth-order valence-corrected chi connectivity index (χ4v) is 1.60. The number of carbonyl (C=O) groups excluding carboxylic acids is 1. The highest BCUT2D eigenvalue weighted by Gasteiger charge is 2.24. The van der Waals surface area contributed by atoms with E-state index in [0.29, 0.717) is 6.54 Å². The van der Waals surface area contributed by atoms with E-state index in [1.807, 2.05) is 19.1 Å². The zero-order valence-corrected chi connectivity index (χ0v) is 8.03. The molecule has 1 aromatic heterocycles. The molecule has 0 aliphatic carbocycles. The lowest BCUT2D eigenvalue weighted by molar-refractivity contribution is -0.124. The van der Waals surface area contributed by atoms with Gasteiger partial charge in [0.1, 0.15) is 0 Å². The minimum absolute atomic E-state index is 0.0651. The summed E-state index contributed by atoms with van der Waals surface area (Å²) in [6.07, 6.45) is 3.52. The van der Waals surface area contributed by atoms with Gasteiger partial charge in [0.15, 0.2) is 0 Å².